The summed E-state index contributed by atoms with van der Waals surface area (Å²) in [6, 6.07) is 4.74. The minimum Gasteiger partial charge on any atom is -0.493 e. The Bertz CT molecular complexity index is 874. The second-order valence-corrected chi connectivity index (χ2v) is 6.44. The number of carbonyl (C=O) groups is 1. The molecule has 0 aliphatic carbocycles. The summed E-state index contributed by atoms with van der Waals surface area (Å²) in [7, 11) is 4.81. The van der Waals surface area contributed by atoms with E-state index in [2.05, 4.69) is 5.32 Å². The van der Waals surface area contributed by atoms with Gasteiger partial charge in [0, 0.05) is 6.54 Å². The molecule has 2 rings (SSSR count). The number of ether oxygens (including phenoxy) is 2. The molecule has 0 heterocycles. The zero-order valence-corrected chi connectivity index (χ0v) is 16.4. The van der Waals surface area contributed by atoms with Crippen LogP contribution in [-0.2, 0) is 11.3 Å². The first-order valence-corrected chi connectivity index (χ1v) is 8.55. The minimum absolute atomic E-state index is 0.404. The molecule has 0 aromatic heterocycles. The van der Waals surface area contributed by atoms with Crippen LogP contribution in [0.3, 0.4) is 0 Å². The topological polar surface area (TPSA) is 50.8 Å². The number of likely N-dealkylation sites (N-methyl/N-ethyl adjacent to an activating group) is 1. The predicted octanol–water partition coefficient (Wildman–Crippen LogP) is 3.89. The normalized spacial score (nSPS) is 12.0. The Hall–Kier alpha value is -2.74. The van der Waals surface area contributed by atoms with Crippen molar-refractivity contribution in [2.24, 2.45) is 0 Å². The van der Waals surface area contributed by atoms with Gasteiger partial charge in [0.1, 0.15) is 0 Å². The van der Waals surface area contributed by atoms with Crippen LogP contribution in [0.1, 0.15) is 18.1 Å². The van der Waals surface area contributed by atoms with Gasteiger partial charge in [-0.3, -0.25) is 9.69 Å². The van der Waals surface area contributed by atoms with E-state index in [4.69, 9.17) is 9.47 Å². The summed E-state index contributed by atoms with van der Waals surface area (Å²) < 4.78 is 50.7. The van der Waals surface area contributed by atoms with Gasteiger partial charge in [-0.1, -0.05) is 0 Å². The van der Waals surface area contributed by atoms with E-state index >= 15 is 0 Å². The molecule has 5 nitrogen and oxygen atoms in total. The van der Waals surface area contributed by atoms with Crippen LogP contribution < -0.4 is 14.8 Å². The standard InChI is InChI=1S/C20H23F3N2O3/c1-11-8-16(27-4)17(28-5)9-13(11)10-25(3)12(2)20(26)24-15-7-6-14(21)18(22)19(15)23/h6-9,12H,10H2,1-5H3,(H,24,26)/t12-/m1/s1. The molecular formula is C20H23F3N2O3. The molecular weight excluding hydrogens is 373 g/mol. The number of nitrogens with one attached hydrogen (secondary N) is 1. The third-order valence-corrected chi connectivity index (χ3v) is 4.60. The molecule has 8 heteroatoms. The highest BCUT2D eigenvalue weighted by atomic mass is 19.2. The molecule has 1 amide bonds. The Morgan fingerprint density at radius 2 is 1.71 bits per heavy atom. The van der Waals surface area contributed by atoms with Gasteiger partial charge in [0.2, 0.25) is 5.91 Å². The number of aryl methyl sites for hydroxylation is 1. The van der Waals surface area contributed by atoms with Gasteiger partial charge in [-0.05, 0) is 56.3 Å². The molecule has 0 unspecified atom stereocenters. The van der Waals surface area contributed by atoms with E-state index < -0.39 is 35.1 Å². The molecule has 1 N–H and O–H groups in total. The van der Waals surface area contributed by atoms with Crippen LogP contribution in [0.25, 0.3) is 0 Å². The number of anilines is 1. The highest BCUT2D eigenvalue weighted by molar-refractivity contribution is 5.94. The lowest BCUT2D eigenvalue weighted by Gasteiger charge is -2.25. The predicted molar refractivity (Wildman–Crippen MR) is 100 cm³/mol. The second kappa shape index (κ2) is 8.97. The number of rotatable bonds is 7. The lowest BCUT2D eigenvalue weighted by molar-refractivity contribution is -0.120. The Morgan fingerprint density at radius 1 is 1.11 bits per heavy atom. The molecule has 0 aliphatic rings. The Kier molecular flexibility index (Phi) is 6.90. The zero-order chi connectivity index (χ0) is 21.0. The van der Waals surface area contributed by atoms with E-state index in [9.17, 15) is 18.0 Å². The Balaban J connectivity index is 2.13. The highest BCUT2D eigenvalue weighted by Gasteiger charge is 2.22. The number of benzene rings is 2. The van der Waals surface area contributed by atoms with E-state index in [0.29, 0.717) is 18.0 Å². The van der Waals surface area contributed by atoms with Gasteiger partial charge in [0.25, 0.3) is 0 Å². The van der Waals surface area contributed by atoms with Gasteiger partial charge in [-0.2, -0.15) is 0 Å². The number of carbonyl (C=O) groups excluding carboxylic acids is 1. The summed E-state index contributed by atoms with van der Waals surface area (Å²) in [5.41, 5.74) is 1.45. The molecule has 0 bridgehead atoms. The van der Waals surface area contributed by atoms with Crippen molar-refractivity contribution in [2.75, 3.05) is 26.6 Å². The number of halogens is 3. The molecule has 0 saturated heterocycles. The Morgan fingerprint density at radius 3 is 2.32 bits per heavy atom. The van der Waals surface area contributed by atoms with Gasteiger partial charge >= 0.3 is 0 Å². The largest absolute Gasteiger partial charge is 0.493 e. The first kappa shape index (κ1) is 21.6. The summed E-state index contributed by atoms with van der Waals surface area (Å²) in [5.74, 6) is -3.75. The SMILES string of the molecule is COc1cc(C)c(CN(C)[C@H](C)C(=O)Nc2ccc(F)c(F)c2F)cc1OC. The van der Waals surface area contributed by atoms with Gasteiger partial charge in [0.05, 0.1) is 25.9 Å². The van der Waals surface area contributed by atoms with E-state index in [1.807, 2.05) is 19.1 Å². The van der Waals surface area contributed by atoms with Gasteiger partial charge in [-0.15, -0.1) is 0 Å². The number of hydrogen-bond donors (Lipinski definition) is 1. The minimum atomic E-state index is -1.63. The molecule has 2 aromatic rings. The maximum Gasteiger partial charge on any atom is 0.241 e. The summed E-state index contributed by atoms with van der Waals surface area (Å²) in [6.45, 7) is 3.94. The van der Waals surface area contributed by atoms with Gasteiger partial charge < -0.3 is 14.8 Å². The summed E-state index contributed by atoms with van der Waals surface area (Å²) in [5, 5.41) is 2.29. The van der Waals surface area contributed by atoms with Crippen LogP contribution >= 0.6 is 0 Å². The zero-order valence-electron chi connectivity index (χ0n) is 16.4. The third kappa shape index (κ3) is 4.56. The average molecular weight is 396 g/mol. The molecule has 152 valence electrons. The van der Waals surface area contributed by atoms with Crippen LogP contribution in [0.5, 0.6) is 11.5 Å². The molecule has 1 atom stereocenters. The van der Waals surface area contributed by atoms with Crippen molar-refractivity contribution in [1.29, 1.82) is 0 Å². The first-order valence-electron chi connectivity index (χ1n) is 8.55. The number of nitrogens with zero attached hydrogens (tertiary/aromatic N) is 1. The third-order valence-electron chi connectivity index (χ3n) is 4.60. The maximum atomic E-state index is 13.8. The molecule has 28 heavy (non-hydrogen) atoms. The number of hydrogen-bond acceptors (Lipinski definition) is 4. The van der Waals surface area contributed by atoms with E-state index in [1.165, 1.54) is 7.11 Å². The van der Waals surface area contributed by atoms with Crippen molar-refractivity contribution in [3.05, 3.63) is 52.8 Å². The van der Waals surface area contributed by atoms with Crippen molar-refractivity contribution in [3.8, 4) is 11.5 Å². The molecule has 0 radical (unpaired) electrons. The summed E-state index contributed by atoms with van der Waals surface area (Å²) >= 11 is 0. The lowest BCUT2D eigenvalue weighted by atomic mass is 10.1. The average Bonchev–Trinajstić information content (AvgIpc) is 2.68. The first-order chi connectivity index (χ1) is 13.2. The number of methoxy groups -OCH3 is 2. The fourth-order valence-electron chi connectivity index (χ4n) is 2.66. The van der Waals surface area contributed by atoms with Crippen LogP contribution in [0.15, 0.2) is 24.3 Å². The highest BCUT2D eigenvalue weighted by Crippen LogP contribution is 2.31. The van der Waals surface area contributed by atoms with Gasteiger partial charge in [0.15, 0.2) is 29.0 Å². The smallest absolute Gasteiger partial charge is 0.241 e. The van der Waals surface area contributed by atoms with E-state index in [0.717, 1.165) is 23.3 Å². The quantitative estimate of drug-likeness (QED) is 0.722. The number of amides is 1. The molecule has 0 aliphatic heterocycles. The van der Waals surface area contributed by atoms with Crippen molar-refractivity contribution >= 4 is 11.6 Å². The lowest BCUT2D eigenvalue weighted by Crippen LogP contribution is -2.39. The van der Waals surface area contributed by atoms with Crippen molar-refractivity contribution in [2.45, 2.75) is 26.4 Å². The van der Waals surface area contributed by atoms with Crippen LogP contribution in [0.4, 0.5) is 18.9 Å². The monoisotopic (exact) mass is 396 g/mol. The van der Waals surface area contributed by atoms with E-state index in [-0.39, 0.29) is 0 Å². The van der Waals surface area contributed by atoms with Crippen molar-refractivity contribution in [1.82, 2.24) is 4.90 Å². The van der Waals surface area contributed by atoms with Crippen LogP contribution in [0, 0.1) is 24.4 Å². The van der Waals surface area contributed by atoms with Crippen molar-refractivity contribution < 1.29 is 27.4 Å². The van der Waals surface area contributed by atoms with Crippen LogP contribution in [-0.4, -0.2) is 38.1 Å². The Labute approximate surface area is 162 Å². The summed E-state index contributed by atoms with van der Waals surface area (Å²) in [6.07, 6.45) is 0. The molecule has 0 saturated carbocycles. The van der Waals surface area contributed by atoms with Gasteiger partial charge in [-0.25, -0.2) is 13.2 Å². The maximum absolute atomic E-state index is 13.8. The fraction of sp³-hybridized carbons (Fsp3) is 0.350. The van der Waals surface area contributed by atoms with Crippen molar-refractivity contribution in [3.63, 3.8) is 0 Å². The fourth-order valence-corrected chi connectivity index (χ4v) is 2.66. The second-order valence-electron chi connectivity index (χ2n) is 6.44. The van der Waals surface area contributed by atoms with Crippen LogP contribution in [0.2, 0.25) is 0 Å². The molecule has 2 aromatic carbocycles. The van der Waals surface area contributed by atoms with E-state index in [1.54, 1.807) is 26.0 Å². The molecule has 0 spiro atoms. The molecule has 0 fully saturated rings. The summed E-state index contributed by atoms with van der Waals surface area (Å²) in [4.78, 5) is 14.2.